The predicted molar refractivity (Wildman–Crippen MR) is 172 cm³/mol. The second-order valence-electron chi connectivity index (χ2n) is 13.3. The number of aliphatic hydroxyl groups excluding tert-OH is 1. The zero-order valence-electron chi connectivity index (χ0n) is 28.1. The normalized spacial score (nSPS) is 24.3. The Morgan fingerprint density at radius 2 is 1.22 bits per heavy atom. The van der Waals surface area contributed by atoms with Crippen molar-refractivity contribution >= 4 is 35.6 Å². The van der Waals surface area contributed by atoms with Crippen molar-refractivity contribution in [3.63, 3.8) is 0 Å². The molecule has 1 N–H and O–H groups in total. The molecule has 0 saturated carbocycles. The number of rotatable bonds is 9. The monoisotopic (exact) mass is 678 g/mol. The number of amides is 4. The number of cyclic esters (lactones) is 1. The van der Waals surface area contributed by atoms with Gasteiger partial charge in [0.15, 0.2) is 5.79 Å². The molecule has 4 aliphatic rings. The molecule has 2 aromatic carbocycles. The molecule has 6 rings (SSSR count). The molecule has 0 aliphatic carbocycles. The molecule has 2 aromatic rings. The molecule has 2 saturated heterocycles. The highest BCUT2D eigenvalue weighted by molar-refractivity contribution is 6.22. The van der Waals surface area contributed by atoms with E-state index in [4.69, 9.17) is 18.9 Å². The molecule has 13 heteroatoms. The van der Waals surface area contributed by atoms with Crippen LogP contribution in [0.25, 0.3) is 0 Å². The molecule has 0 unspecified atom stereocenters. The highest BCUT2D eigenvalue weighted by atomic mass is 16.7. The summed E-state index contributed by atoms with van der Waals surface area (Å²) in [5.74, 6) is -2.80. The van der Waals surface area contributed by atoms with Gasteiger partial charge < -0.3 is 24.1 Å². The molecule has 0 aromatic heterocycles. The lowest BCUT2D eigenvalue weighted by atomic mass is 10.0. The van der Waals surface area contributed by atoms with E-state index in [1.165, 1.54) is 9.80 Å². The predicted octanol–water partition coefficient (Wildman–Crippen LogP) is 3.66. The first kappa shape index (κ1) is 35.8. The van der Waals surface area contributed by atoms with Crippen molar-refractivity contribution in [2.75, 3.05) is 13.1 Å². The Morgan fingerprint density at radius 1 is 0.776 bits per heavy atom. The highest BCUT2D eigenvalue weighted by Gasteiger charge is 2.40. The maximum atomic E-state index is 12.5. The zero-order valence-corrected chi connectivity index (χ0v) is 28.1. The van der Waals surface area contributed by atoms with Crippen LogP contribution in [-0.4, -0.2) is 99.9 Å². The van der Waals surface area contributed by atoms with Crippen molar-refractivity contribution in [2.24, 2.45) is 0 Å². The Morgan fingerprint density at radius 3 is 1.67 bits per heavy atom. The molecule has 0 radical (unpaired) electrons. The van der Waals surface area contributed by atoms with Gasteiger partial charge >= 0.3 is 11.9 Å². The molecule has 4 aliphatic heterocycles. The summed E-state index contributed by atoms with van der Waals surface area (Å²) in [6.07, 6.45) is -0.0874. The lowest BCUT2D eigenvalue weighted by molar-refractivity contribution is -0.300. The van der Waals surface area contributed by atoms with Crippen molar-refractivity contribution in [3.8, 4) is 0 Å². The van der Waals surface area contributed by atoms with Crippen LogP contribution in [0.4, 0.5) is 0 Å². The number of carbonyl (C=O) groups is 6. The Kier molecular flexibility index (Phi) is 11.0. The Hall–Kier alpha value is -4.46. The average molecular weight is 679 g/mol. The first-order valence-corrected chi connectivity index (χ1v) is 16.6. The van der Waals surface area contributed by atoms with Crippen LogP contribution in [0.2, 0.25) is 0 Å². The van der Waals surface area contributed by atoms with Crippen LogP contribution >= 0.6 is 0 Å². The van der Waals surface area contributed by atoms with Crippen molar-refractivity contribution in [1.29, 1.82) is 0 Å². The Labute approximate surface area is 284 Å². The second kappa shape index (κ2) is 15.0. The average Bonchev–Trinajstić information content (AvgIpc) is 3.41. The SMILES string of the molecule is CC(C)OC(=O)C[C@H]1C[C@@H](CCN2C(=O)c3ccccc3C2=O)OC(C)(C)O1.O=C1C[C@H](O)C[C@@H](CCN2C(=O)c3ccccc3C2=O)O1. The van der Waals surface area contributed by atoms with Gasteiger partial charge in [-0.25, -0.2) is 0 Å². The van der Waals surface area contributed by atoms with E-state index in [-0.39, 0.29) is 73.8 Å². The number of esters is 2. The van der Waals surface area contributed by atoms with Gasteiger partial charge in [0.05, 0.1) is 59.5 Å². The van der Waals surface area contributed by atoms with Gasteiger partial charge in [0.1, 0.15) is 6.10 Å². The van der Waals surface area contributed by atoms with Gasteiger partial charge in [0.25, 0.3) is 23.6 Å². The summed E-state index contributed by atoms with van der Waals surface area (Å²) in [6, 6.07) is 13.5. The molecule has 0 bridgehead atoms. The molecular weight excluding hydrogens is 636 g/mol. The zero-order chi connectivity index (χ0) is 35.5. The van der Waals surface area contributed by atoms with Gasteiger partial charge in [-0.15, -0.1) is 0 Å². The lowest BCUT2D eigenvalue weighted by Crippen LogP contribution is -2.46. The summed E-state index contributed by atoms with van der Waals surface area (Å²) in [5, 5.41) is 9.54. The lowest BCUT2D eigenvalue weighted by Gasteiger charge is -2.41. The minimum absolute atomic E-state index is 0.00349. The molecule has 0 spiro atoms. The van der Waals surface area contributed by atoms with Gasteiger partial charge in [-0.3, -0.25) is 38.6 Å². The van der Waals surface area contributed by atoms with E-state index in [1.54, 1.807) is 76.2 Å². The molecular formula is C36H42N2O11. The van der Waals surface area contributed by atoms with Gasteiger partial charge in [0.2, 0.25) is 0 Å². The third kappa shape index (κ3) is 8.59. The molecule has 262 valence electrons. The topological polar surface area (TPSA) is 166 Å². The molecule has 4 amide bonds. The summed E-state index contributed by atoms with van der Waals surface area (Å²) < 4.78 is 22.1. The number of benzene rings is 2. The molecule has 4 heterocycles. The summed E-state index contributed by atoms with van der Waals surface area (Å²) in [6.45, 7) is 7.63. The van der Waals surface area contributed by atoms with Gasteiger partial charge in [-0.2, -0.15) is 0 Å². The maximum Gasteiger partial charge on any atom is 0.308 e. The second-order valence-corrected chi connectivity index (χ2v) is 13.3. The summed E-state index contributed by atoms with van der Waals surface area (Å²) in [4.78, 5) is 75.0. The van der Waals surface area contributed by atoms with Crippen LogP contribution in [-0.2, 0) is 28.5 Å². The van der Waals surface area contributed by atoms with E-state index < -0.39 is 24.0 Å². The van der Waals surface area contributed by atoms with E-state index in [0.29, 0.717) is 47.9 Å². The molecule has 49 heavy (non-hydrogen) atoms. The van der Waals surface area contributed by atoms with E-state index in [1.807, 2.05) is 0 Å². The number of aliphatic hydroxyl groups is 1. The smallest absolute Gasteiger partial charge is 0.308 e. The first-order chi connectivity index (χ1) is 23.2. The minimum Gasteiger partial charge on any atom is -0.463 e. The quantitative estimate of drug-likeness (QED) is 0.304. The number of carbonyl (C=O) groups excluding carboxylic acids is 6. The molecule has 13 nitrogen and oxygen atoms in total. The van der Waals surface area contributed by atoms with Crippen molar-refractivity contribution < 1.29 is 52.8 Å². The first-order valence-electron chi connectivity index (χ1n) is 16.6. The van der Waals surface area contributed by atoms with Crippen LogP contribution in [0.5, 0.6) is 0 Å². The number of hydrogen-bond donors (Lipinski definition) is 1. The molecule has 4 atom stereocenters. The molecule has 2 fully saturated rings. The van der Waals surface area contributed by atoms with Crippen molar-refractivity contribution in [2.45, 2.75) is 103 Å². The fourth-order valence-electron chi connectivity index (χ4n) is 6.49. The van der Waals surface area contributed by atoms with Gasteiger partial charge in [0, 0.05) is 32.4 Å². The summed E-state index contributed by atoms with van der Waals surface area (Å²) in [7, 11) is 0. The number of nitrogens with zero attached hydrogens (tertiary/aromatic N) is 2. The van der Waals surface area contributed by atoms with E-state index in [9.17, 15) is 33.9 Å². The van der Waals surface area contributed by atoms with Crippen LogP contribution in [0.15, 0.2) is 48.5 Å². The van der Waals surface area contributed by atoms with Gasteiger partial charge in [-0.05, 0) is 58.4 Å². The largest absolute Gasteiger partial charge is 0.463 e. The summed E-state index contributed by atoms with van der Waals surface area (Å²) in [5.41, 5.74) is 1.69. The number of hydrogen-bond acceptors (Lipinski definition) is 11. The van der Waals surface area contributed by atoms with Crippen molar-refractivity contribution in [1.82, 2.24) is 9.80 Å². The van der Waals surface area contributed by atoms with Crippen LogP contribution in [0, 0.1) is 0 Å². The van der Waals surface area contributed by atoms with Crippen LogP contribution < -0.4 is 0 Å². The standard InChI is InChI=1S/C21H27NO6.C15H15NO5/c1-13(2)26-18(23)12-15-11-14(27-21(3,4)28-15)9-10-22-19(24)16-7-5-6-8-17(16)20(22)25;17-9-7-10(21-13(18)8-9)5-6-16-14(19)11-3-1-2-4-12(11)15(16)20/h5-8,13-15H,9-12H2,1-4H3;1-4,9-10,17H,5-8H2/t14-,15-;9-,10-/m11/s1. The van der Waals surface area contributed by atoms with Gasteiger partial charge in [-0.1, -0.05) is 24.3 Å². The Bertz CT molecular complexity index is 1550. The number of fused-ring (bicyclic) bond motifs is 2. The van der Waals surface area contributed by atoms with E-state index in [0.717, 1.165) is 0 Å². The maximum absolute atomic E-state index is 12.5. The van der Waals surface area contributed by atoms with Crippen LogP contribution in [0.3, 0.4) is 0 Å². The minimum atomic E-state index is -0.853. The fraction of sp³-hybridized carbons (Fsp3) is 0.500. The third-order valence-electron chi connectivity index (χ3n) is 8.53. The number of ether oxygens (including phenoxy) is 4. The summed E-state index contributed by atoms with van der Waals surface area (Å²) >= 11 is 0. The third-order valence-corrected chi connectivity index (χ3v) is 8.53. The number of imide groups is 2. The highest BCUT2D eigenvalue weighted by Crippen LogP contribution is 2.31. The van der Waals surface area contributed by atoms with E-state index in [2.05, 4.69) is 0 Å². The van der Waals surface area contributed by atoms with E-state index >= 15 is 0 Å². The van der Waals surface area contributed by atoms with Crippen LogP contribution in [0.1, 0.15) is 108 Å². The Balaban J connectivity index is 0.000000199. The fourth-order valence-corrected chi connectivity index (χ4v) is 6.49. The van der Waals surface area contributed by atoms with Crippen molar-refractivity contribution in [3.05, 3.63) is 70.8 Å².